The number of nitrogens with two attached hydrogens (primary N) is 1. The van der Waals surface area contributed by atoms with Gasteiger partial charge in [-0.2, -0.15) is 0 Å². The molecule has 0 aromatic heterocycles. The van der Waals surface area contributed by atoms with Crippen LogP contribution < -0.4 is 11.1 Å². The number of amides is 2. The zero-order valence-corrected chi connectivity index (χ0v) is 13.9. The molecule has 5 nitrogen and oxygen atoms in total. The minimum absolute atomic E-state index is 0.0448. The van der Waals surface area contributed by atoms with Gasteiger partial charge in [0.2, 0.25) is 0 Å². The van der Waals surface area contributed by atoms with Crippen molar-refractivity contribution in [1.82, 2.24) is 10.2 Å². The number of hydrogen-bond donors (Lipinski definition) is 2. The van der Waals surface area contributed by atoms with Gasteiger partial charge in [0.25, 0.3) is 0 Å². The van der Waals surface area contributed by atoms with Gasteiger partial charge in [-0.15, -0.1) is 0 Å². The van der Waals surface area contributed by atoms with E-state index in [2.05, 4.69) is 33.0 Å². The number of nitrogens with zero attached hydrogens (tertiary/aromatic N) is 1. The van der Waals surface area contributed by atoms with Crippen molar-refractivity contribution in [3.63, 3.8) is 0 Å². The fourth-order valence-electron chi connectivity index (χ4n) is 4.17. The summed E-state index contributed by atoms with van der Waals surface area (Å²) in [7, 11) is 0. The van der Waals surface area contributed by atoms with Gasteiger partial charge in [-0.25, -0.2) is 4.79 Å². The minimum atomic E-state index is -0.207. The first-order chi connectivity index (χ1) is 9.72. The van der Waals surface area contributed by atoms with Crippen LogP contribution in [0, 0.1) is 5.92 Å². The van der Waals surface area contributed by atoms with Gasteiger partial charge >= 0.3 is 6.03 Å². The van der Waals surface area contributed by atoms with Gasteiger partial charge in [0.15, 0.2) is 0 Å². The Morgan fingerprint density at radius 1 is 1.19 bits per heavy atom. The molecular formula is C16H31N3O2. The van der Waals surface area contributed by atoms with Crippen molar-refractivity contribution < 1.29 is 9.53 Å². The predicted octanol–water partition coefficient (Wildman–Crippen LogP) is 2.10. The van der Waals surface area contributed by atoms with Gasteiger partial charge in [0, 0.05) is 36.9 Å². The average Bonchev–Trinajstić information content (AvgIpc) is 2.34. The lowest BCUT2D eigenvalue weighted by molar-refractivity contribution is 0.00182. The molecule has 3 N–H and O–H groups in total. The van der Waals surface area contributed by atoms with E-state index in [0.29, 0.717) is 5.92 Å². The van der Waals surface area contributed by atoms with E-state index in [1.165, 1.54) is 0 Å². The quantitative estimate of drug-likeness (QED) is 0.820. The number of rotatable bonds is 2. The van der Waals surface area contributed by atoms with E-state index in [1.807, 2.05) is 4.90 Å². The van der Waals surface area contributed by atoms with Crippen molar-refractivity contribution in [3.05, 3.63) is 0 Å². The van der Waals surface area contributed by atoms with Crippen LogP contribution in [-0.4, -0.2) is 47.8 Å². The molecule has 122 valence electrons. The molecule has 0 unspecified atom stereocenters. The topological polar surface area (TPSA) is 67.6 Å². The summed E-state index contributed by atoms with van der Waals surface area (Å²) in [6.07, 6.45) is 3.78. The average molecular weight is 297 g/mol. The number of hydrogen-bond acceptors (Lipinski definition) is 3. The fraction of sp³-hybridized carbons (Fsp3) is 0.938. The molecule has 0 aromatic rings. The maximum absolute atomic E-state index is 12.7. The second-order valence-electron chi connectivity index (χ2n) is 7.87. The summed E-state index contributed by atoms with van der Waals surface area (Å²) in [6.45, 7) is 10.8. The molecule has 2 saturated heterocycles. The maximum Gasteiger partial charge on any atom is 0.318 e. The molecule has 0 spiro atoms. The molecular weight excluding hydrogens is 266 g/mol. The number of carbonyl (C=O) groups is 1. The van der Waals surface area contributed by atoms with Crippen molar-refractivity contribution in [2.75, 3.05) is 19.8 Å². The summed E-state index contributed by atoms with van der Waals surface area (Å²) in [5.74, 6) is 0.543. The Bertz CT molecular complexity index is 358. The Labute approximate surface area is 128 Å². The summed E-state index contributed by atoms with van der Waals surface area (Å²) in [5, 5.41) is 3.14. The Hall–Kier alpha value is -0.810. The highest BCUT2D eigenvalue weighted by atomic mass is 16.5. The summed E-state index contributed by atoms with van der Waals surface area (Å²) in [6, 6.07) is 0.206. The molecule has 0 bridgehead atoms. The van der Waals surface area contributed by atoms with Gasteiger partial charge in [-0.1, -0.05) is 0 Å². The largest absolute Gasteiger partial charge is 0.381 e. The third kappa shape index (κ3) is 3.89. The molecule has 2 rings (SSSR count). The molecule has 0 radical (unpaired) electrons. The second kappa shape index (κ2) is 6.13. The highest BCUT2D eigenvalue weighted by Crippen LogP contribution is 2.37. The van der Waals surface area contributed by atoms with E-state index < -0.39 is 0 Å². The molecule has 2 amide bonds. The van der Waals surface area contributed by atoms with Gasteiger partial charge in [0.1, 0.15) is 0 Å². The van der Waals surface area contributed by atoms with Crippen LogP contribution in [0.4, 0.5) is 4.79 Å². The second-order valence-corrected chi connectivity index (χ2v) is 7.87. The molecule has 0 saturated carbocycles. The first-order valence-electron chi connectivity index (χ1n) is 8.14. The lowest BCUT2D eigenvalue weighted by Crippen LogP contribution is -2.67. The van der Waals surface area contributed by atoms with Crippen LogP contribution >= 0.6 is 0 Å². The summed E-state index contributed by atoms with van der Waals surface area (Å²) < 4.78 is 5.36. The normalized spacial score (nSPS) is 26.6. The first kappa shape index (κ1) is 16.6. The number of nitrogens with one attached hydrogen (secondary N) is 1. The maximum atomic E-state index is 12.7. The Balaban J connectivity index is 1.98. The number of urea groups is 1. The first-order valence-corrected chi connectivity index (χ1v) is 8.14. The van der Waals surface area contributed by atoms with Crippen LogP contribution in [0.15, 0.2) is 0 Å². The van der Waals surface area contributed by atoms with Crippen molar-refractivity contribution >= 4 is 6.03 Å². The number of likely N-dealkylation sites (tertiary alicyclic amines) is 1. The van der Waals surface area contributed by atoms with E-state index in [1.54, 1.807) is 0 Å². The van der Waals surface area contributed by atoms with Crippen molar-refractivity contribution in [2.45, 2.75) is 70.5 Å². The Morgan fingerprint density at radius 3 is 2.24 bits per heavy atom. The summed E-state index contributed by atoms with van der Waals surface area (Å²) >= 11 is 0. The van der Waals surface area contributed by atoms with E-state index in [4.69, 9.17) is 10.5 Å². The summed E-state index contributed by atoms with van der Waals surface area (Å²) in [4.78, 5) is 14.7. The highest BCUT2D eigenvalue weighted by molar-refractivity contribution is 5.76. The number of ether oxygens (including phenoxy) is 1. The van der Waals surface area contributed by atoms with E-state index in [-0.39, 0.29) is 23.2 Å². The molecule has 0 aromatic carbocycles. The van der Waals surface area contributed by atoms with Crippen LogP contribution in [0.1, 0.15) is 53.4 Å². The van der Waals surface area contributed by atoms with Crippen LogP contribution in [0.5, 0.6) is 0 Å². The third-order valence-corrected chi connectivity index (χ3v) is 4.82. The SMILES string of the molecule is CC1(C)CC(N)CC(C)(C)N1C(=O)NCC1CCOCC1. The molecule has 2 aliphatic heterocycles. The van der Waals surface area contributed by atoms with Crippen molar-refractivity contribution in [2.24, 2.45) is 11.7 Å². The molecule has 0 aliphatic carbocycles. The standard InChI is InChI=1S/C16H31N3O2/c1-15(2)9-13(17)10-16(3,4)19(15)14(20)18-11-12-5-7-21-8-6-12/h12-13H,5-11,17H2,1-4H3,(H,18,20). The zero-order valence-electron chi connectivity index (χ0n) is 13.9. The van der Waals surface area contributed by atoms with Crippen LogP contribution in [0.2, 0.25) is 0 Å². The molecule has 2 fully saturated rings. The van der Waals surface area contributed by atoms with E-state index >= 15 is 0 Å². The number of piperidine rings is 1. The predicted molar refractivity (Wildman–Crippen MR) is 84.1 cm³/mol. The van der Waals surface area contributed by atoms with Crippen LogP contribution in [-0.2, 0) is 4.74 Å². The molecule has 21 heavy (non-hydrogen) atoms. The number of carbonyl (C=O) groups excluding carboxylic acids is 1. The molecule has 2 aliphatic rings. The van der Waals surface area contributed by atoms with Gasteiger partial charge < -0.3 is 20.7 Å². The minimum Gasteiger partial charge on any atom is -0.381 e. The van der Waals surface area contributed by atoms with Crippen LogP contribution in [0.3, 0.4) is 0 Å². The van der Waals surface area contributed by atoms with Gasteiger partial charge in [-0.3, -0.25) is 0 Å². The smallest absolute Gasteiger partial charge is 0.318 e. The lowest BCUT2D eigenvalue weighted by atomic mass is 9.77. The highest BCUT2D eigenvalue weighted by Gasteiger charge is 2.46. The fourth-order valence-corrected chi connectivity index (χ4v) is 4.17. The van der Waals surface area contributed by atoms with Crippen LogP contribution in [0.25, 0.3) is 0 Å². The molecule has 2 heterocycles. The molecule has 0 atom stereocenters. The molecule has 5 heteroatoms. The van der Waals surface area contributed by atoms with Gasteiger partial charge in [0.05, 0.1) is 0 Å². The summed E-state index contributed by atoms with van der Waals surface area (Å²) in [5.41, 5.74) is 5.75. The monoisotopic (exact) mass is 297 g/mol. The van der Waals surface area contributed by atoms with Gasteiger partial charge in [-0.05, 0) is 59.3 Å². The lowest BCUT2D eigenvalue weighted by Gasteiger charge is -2.54. The van der Waals surface area contributed by atoms with Crippen molar-refractivity contribution in [1.29, 1.82) is 0 Å². The van der Waals surface area contributed by atoms with E-state index in [9.17, 15) is 4.79 Å². The third-order valence-electron chi connectivity index (χ3n) is 4.82. The Morgan fingerprint density at radius 2 is 1.71 bits per heavy atom. The van der Waals surface area contributed by atoms with Crippen molar-refractivity contribution in [3.8, 4) is 0 Å². The Kier molecular flexibility index (Phi) is 4.83. The zero-order chi connectivity index (χ0) is 15.7. The van der Waals surface area contributed by atoms with E-state index in [0.717, 1.165) is 45.4 Å².